The Balaban J connectivity index is 3.30. The van der Waals surface area contributed by atoms with Crippen molar-refractivity contribution in [3.63, 3.8) is 0 Å². The van der Waals surface area contributed by atoms with Crippen molar-refractivity contribution in [2.75, 3.05) is 0 Å². The molecule has 0 aliphatic heterocycles. The van der Waals surface area contributed by atoms with Gasteiger partial charge in [0.2, 0.25) is 0 Å². The molecule has 0 atom stereocenters. The number of nitrogens with zero attached hydrogens (tertiary/aromatic N) is 1. The molecule has 0 aliphatic carbocycles. The molecule has 0 bridgehead atoms. The number of pyridine rings is 1. The van der Waals surface area contributed by atoms with Gasteiger partial charge in [0.15, 0.2) is 0 Å². The van der Waals surface area contributed by atoms with Gasteiger partial charge in [-0.2, -0.15) is 0 Å². The van der Waals surface area contributed by atoms with E-state index in [9.17, 15) is 13.2 Å². The third-order valence-electron chi connectivity index (χ3n) is 1.47. The van der Waals surface area contributed by atoms with Crippen LogP contribution < -0.4 is 5.73 Å². The molecule has 0 radical (unpaired) electrons. The normalized spacial score (nSPS) is 10.9. The summed E-state index contributed by atoms with van der Waals surface area (Å²) >= 11 is 5.35. The van der Waals surface area contributed by atoms with Gasteiger partial charge in [-0.1, -0.05) is 11.6 Å². The van der Waals surface area contributed by atoms with Crippen molar-refractivity contribution >= 4 is 11.6 Å². The highest BCUT2D eigenvalue weighted by Gasteiger charge is 2.19. The Morgan fingerprint density at radius 1 is 1.54 bits per heavy atom. The maximum Gasteiger partial charge on any atom is 0.268 e. The van der Waals surface area contributed by atoms with Crippen LogP contribution in [0.5, 0.6) is 0 Å². The van der Waals surface area contributed by atoms with Crippen molar-refractivity contribution in [2.24, 2.45) is 5.73 Å². The van der Waals surface area contributed by atoms with Gasteiger partial charge in [0.25, 0.3) is 6.43 Å². The second-order valence-electron chi connectivity index (χ2n) is 2.29. The van der Waals surface area contributed by atoms with E-state index >= 15 is 0 Å². The molecular formula is C7H6ClF3N2. The van der Waals surface area contributed by atoms with Crippen LogP contribution in [0.1, 0.15) is 17.7 Å². The summed E-state index contributed by atoms with van der Waals surface area (Å²) in [6.45, 7) is -0.267. The Hall–Kier alpha value is -0.810. The summed E-state index contributed by atoms with van der Waals surface area (Å²) in [5.41, 5.74) is 4.13. The monoisotopic (exact) mass is 210 g/mol. The summed E-state index contributed by atoms with van der Waals surface area (Å²) in [7, 11) is 0. The van der Waals surface area contributed by atoms with E-state index in [4.69, 9.17) is 17.3 Å². The Morgan fingerprint density at radius 2 is 2.15 bits per heavy atom. The topological polar surface area (TPSA) is 38.9 Å². The van der Waals surface area contributed by atoms with E-state index in [0.29, 0.717) is 0 Å². The SMILES string of the molecule is NCc1nc(Cl)cc(F)c1C(F)F. The first kappa shape index (κ1) is 10.3. The summed E-state index contributed by atoms with van der Waals surface area (Å²) in [4.78, 5) is 3.49. The van der Waals surface area contributed by atoms with Crippen molar-refractivity contribution in [2.45, 2.75) is 13.0 Å². The zero-order valence-corrected chi connectivity index (χ0v) is 7.15. The van der Waals surface area contributed by atoms with E-state index in [1.165, 1.54) is 0 Å². The zero-order chi connectivity index (χ0) is 10.0. The van der Waals surface area contributed by atoms with E-state index in [0.717, 1.165) is 6.07 Å². The average molecular weight is 211 g/mol. The molecule has 13 heavy (non-hydrogen) atoms. The lowest BCUT2D eigenvalue weighted by molar-refractivity contribution is 0.144. The van der Waals surface area contributed by atoms with Crippen LogP contribution in [-0.2, 0) is 6.54 Å². The molecule has 6 heteroatoms. The second-order valence-corrected chi connectivity index (χ2v) is 2.68. The van der Waals surface area contributed by atoms with Crippen molar-refractivity contribution in [1.29, 1.82) is 0 Å². The molecule has 0 saturated carbocycles. The van der Waals surface area contributed by atoms with Gasteiger partial charge in [-0.05, 0) is 0 Å². The van der Waals surface area contributed by atoms with Crippen LogP contribution in [0.4, 0.5) is 13.2 Å². The lowest BCUT2D eigenvalue weighted by Crippen LogP contribution is -2.07. The fourth-order valence-corrected chi connectivity index (χ4v) is 1.13. The fraction of sp³-hybridized carbons (Fsp3) is 0.286. The molecule has 0 unspecified atom stereocenters. The van der Waals surface area contributed by atoms with Gasteiger partial charge in [-0.3, -0.25) is 0 Å². The van der Waals surface area contributed by atoms with E-state index in [2.05, 4.69) is 4.98 Å². The molecule has 1 heterocycles. The predicted molar refractivity (Wildman–Crippen MR) is 42.1 cm³/mol. The molecule has 2 nitrogen and oxygen atoms in total. The standard InChI is InChI=1S/C7H6ClF3N2/c8-5-1-3(9)6(7(10)11)4(2-12)13-5/h1,7H,2,12H2. The highest BCUT2D eigenvalue weighted by atomic mass is 35.5. The largest absolute Gasteiger partial charge is 0.325 e. The van der Waals surface area contributed by atoms with Gasteiger partial charge >= 0.3 is 0 Å². The van der Waals surface area contributed by atoms with Crippen LogP contribution in [0.2, 0.25) is 5.15 Å². The van der Waals surface area contributed by atoms with E-state index in [1.807, 2.05) is 0 Å². The number of aromatic nitrogens is 1. The fourth-order valence-electron chi connectivity index (χ4n) is 0.927. The summed E-state index contributed by atoms with van der Waals surface area (Å²) in [6, 6.07) is 0.738. The number of alkyl halides is 2. The summed E-state index contributed by atoms with van der Waals surface area (Å²) in [6.07, 6.45) is -2.93. The zero-order valence-electron chi connectivity index (χ0n) is 6.40. The first-order chi connectivity index (χ1) is 6.06. The minimum absolute atomic E-state index is 0.178. The maximum atomic E-state index is 12.9. The number of rotatable bonds is 2. The lowest BCUT2D eigenvalue weighted by Gasteiger charge is -2.07. The van der Waals surface area contributed by atoms with Crippen molar-refractivity contribution in [3.05, 3.63) is 28.3 Å². The highest BCUT2D eigenvalue weighted by molar-refractivity contribution is 6.29. The molecule has 0 spiro atoms. The third kappa shape index (κ3) is 2.10. The van der Waals surface area contributed by atoms with Gasteiger partial charge in [0, 0.05) is 12.6 Å². The van der Waals surface area contributed by atoms with Crippen molar-refractivity contribution in [3.8, 4) is 0 Å². The van der Waals surface area contributed by atoms with Crippen LogP contribution in [0, 0.1) is 5.82 Å². The van der Waals surface area contributed by atoms with Gasteiger partial charge in [-0.15, -0.1) is 0 Å². The molecule has 72 valence electrons. The highest BCUT2D eigenvalue weighted by Crippen LogP contribution is 2.26. The Bertz CT molecular complexity index is 317. The number of halogens is 4. The van der Waals surface area contributed by atoms with Gasteiger partial charge < -0.3 is 5.73 Å². The van der Waals surface area contributed by atoms with Gasteiger partial charge in [0.05, 0.1) is 11.3 Å². The number of hydrogen-bond donors (Lipinski definition) is 1. The molecule has 1 aromatic heterocycles. The predicted octanol–water partition coefficient (Wildman–Crippen LogP) is 2.27. The van der Waals surface area contributed by atoms with Gasteiger partial charge in [0.1, 0.15) is 11.0 Å². The van der Waals surface area contributed by atoms with Crippen molar-refractivity contribution < 1.29 is 13.2 Å². The molecule has 0 aromatic carbocycles. The Morgan fingerprint density at radius 3 is 2.62 bits per heavy atom. The molecule has 1 aromatic rings. The smallest absolute Gasteiger partial charge is 0.268 e. The van der Waals surface area contributed by atoms with Crippen molar-refractivity contribution in [1.82, 2.24) is 4.98 Å². The van der Waals surface area contributed by atoms with Gasteiger partial charge in [-0.25, -0.2) is 18.2 Å². The van der Waals surface area contributed by atoms with Crippen LogP contribution in [0.25, 0.3) is 0 Å². The number of hydrogen-bond acceptors (Lipinski definition) is 2. The third-order valence-corrected chi connectivity index (χ3v) is 1.66. The van der Waals surface area contributed by atoms with Crippen LogP contribution in [0.15, 0.2) is 6.07 Å². The van der Waals surface area contributed by atoms with E-state index in [1.54, 1.807) is 0 Å². The summed E-state index contributed by atoms with van der Waals surface area (Å²) in [5, 5.41) is -0.178. The van der Waals surface area contributed by atoms with Crippen LogP contribution >= 0.6 is 11.6 Å². The van der Waals surface area contributed by atoms with Crippen LogP contribution in [-0.4, -0.2) is 4.98 Å². The molecule has 2 N–H and O–H groups in total. The lowest BCUT2D eigenvalue weighted by atomic mass is 10.2. The molecular weight excluding hydrogens is 205 g/mol. The molecule has 0 amide bonds. The maximum absolute atomic E-state index is 12.9. The Labute approximate surface area is 77.5 Å². The molecule has 0 aliphatic rings. The van der Waals surface area contributed by atoms with Crippen LogP contribution in [0.3, 0.4) is 0 Å². The first-order valence-corrected chi connectivity index (χ1v) is 3.77. The molecule has 0 saturated heterocycles. The summed E-state index contributed by atoms with van der Waals surface area (Å²) in [5.74, 6) is -1.07. The summed E-state index contributed by atoms with van der Waals surface area (Å²) < 4.78 is 37.3. The quantitative estimate of drug-likeness (QED) is 0.761. The second kappa shape index (κ2) is 3.93. The molecule has 1 rings (SSSR count). The van der Waals surface area contributed by atoms with E-state index < -0.39 is 17.8 Å². The Kier molecular flexibility index (Phi) is 3.11. The molecule has 0 fully saturated rings. The minimum Gasteiger partial charge on any atom is -0.325 e. The number of nitrogens with two attached hydrogens (primary N) is 1. The minimum atomic E-state index is -2.93. The van der Waals surface area contributed by atoms with E-state index in [-0.39, 0.29) is 17.4 Å². The average Bonchev–Trinajstić information content (AvgIpc) is 2.01. The first-order valence-electron chi connectivity index (χ1n) is 3.39.